The molecule has 2 aliphatic rings. The second-order valence-corrected chi connectivity index (χ2v) is 6.75. The lowest BCUT2D eigenvalue weighted by Crippen LogP contribution is -2.30. The maximum atomic E-state index is 6.09. The fraction of sp³-hybridized carbons (Fsp3) is 0.526. The van der Waals surface area contributed by atoms with Gasteiger partial charge in [0.15, 0.2) is 0 Å². The maximum absolute atomic E-state index is 6.09. The molecule has 0 saturated carbocycles. The van der Waals surface area contributed by atoms with Crippen LogP contribution < -0.4 is 0 Å². The summed E-state index contributed by atoms with van der Waals surface area (Å²) in [5.74, 6) is 0. The molecule has 0 aliphatic carbocycles. The van der Waals surface area contributed by atoms with Gasteiger partial charge in [-0.25, -0.2) is 0 Å². The summed E-state index contributed by atoms with van der Waals surface area (Å²) in [5, 5.41) is 1.29. The Kier molecular flexibility index (Phi) is 3.85. The van der Waals surface area contributed by atoms with Crippen molar-refractivity contribution in [2.75, 3.05) is 19.7 Å². The second-order valence-electron chi connectivity index (χ2n) is 6.75. The van der Waals surface area contributed by atoms with Gasteiger partial charge in [0.25, 0.3) is 0 Å². The van der Waals surface area contributed by atoms with Crippen molar-refractivity contribution in [2.24, 2.45) is 0 Å². The lowest BCUT2D eigenvalue weighted by molar-refractivity contribution is -0.00737. The number of nitrogens with zero attached hydrogens (tertiary/aromatic N) is 2. The van der Waals surface area contributed by atoms with Crippen LogP contribution in [0.4, 0.5) is 0 Å². The van der Waals surface area contributed by atoms with Gasteiger partial charge in [0.1, 0.15) is 0 Å². The van der Waals surface area contributed by atoms with Gasteiger partial charge in [-0.15, -0.1) is 0 Å². The molecular formula is C19H24N2O. The lowest BCUT2D eigenvalue weighted by atomic mass is 9.92. The molecule has 1 aromatic carbocycles. The van der Waals surface area contributed by atoms with Crippen molar-refractivity contribution in [3.05, 3.63) is 42.1 Å². The zero-order chi connectivity index (χ0) is 14.8. The molecule has 0 bridgehead atoms. The average Bonchev–Trinajstić information content (AvgIpc) is 2.92. The third-order valence-corrected chi connectivity index (χ3v) is 5.31. The zero-order valence-corrected chi connectivity index (χ0v) is 13.1. The summed E-state index contributed by atoms with van der Waals surface area (Å²) in [4.78, 5) is 7.07. The molecule has 3 heteroatoms. The summed E-state index contributed by atoms with van der Waals surface area (Å²) in [5.41, 5.74) is 2.70. The van der Waals surface area contributed by atoms with Crippen molar-refractivity contribution >= 4 is 10.9 Å². The van der Waals surface area contributed by atoms with E-state index in [-0.39, 0.29) is 5.60 Å². The van der Waals surface area contributed by atoms with E-state index in [0.29, 0.717) is 0 Å². The van der Waals surface area contributed by atoms with Crippen molar-refractivity contribution in [3.8, 4) is 0 Å². The van der Waals surface area contributed by atoms with Crippen LogP contribution in [0.2, 0.25) is 0 Å². The number of pyridine rings is 1. The van der Waals surface area contributed by atoms with E-state index in [1.54, 1.807) is 0 Å². The quantitative estimate of drug-likeness (QED) is 0.843. The van der Waals surface area contributed by atoms with Crippen LogP contribution in [0.5, 0.6) is 0 Å². The molecule has 0 radical (unpaired) electrons. The molecule has 4 rings (SSSR count). The van der Waals surface area contributed by atoms with Crippen LogP contribution in [0.3, 0.4) is 0 Å². The van der Waals surface area contributed by atoms with E-state index >= 15 is 0 Å². The monoisotopic (exact) mass is 296 g/mol. The molecule has 1 atom stereocenters. The summed E-state index contributed by atoms with van der Waals surface area (Å²) in [6.45, 7) is 4.33. The van der Waals surface area contributed by atoms with E-state index in [0.717, 1.165) is 25.2 Å². The van der Waals surface area contributed by atoms with Gasteiger partial charge in [-0.3, -0.25) is 9.88 Å². The normalized spacial score (nSPS) is 26.5. The lowest BCUT2D eigenvalue weighted by Gasteiger charge is -2.27. The molecule has 2 aromatic rings. The molecule has 116 valence electrons. The van der Waals surface area contributed by atoms with Crippen LogP contribution >= 0.6 is 0 Å². The average molecular weight is 296 g/mol. The van der Waals surface area contributed by atoms with Gasteiger partial charge in [-0.05, 0) is 56.3 Å². The first-order valence-corrected chi connectivity index (χ1v) is 8.54. The van der Waals surface area contributed by atoms with Crippen LogP contribution in [0.15, 0.2) is 36.5 Å². The van der Waals surface area contributed by atoms with Crippen molar-refractivity contribution < 1.29 is 4.74 Å². The predicted molar refractivity (Wildman–Crippen MR) is 88.8 cm³/mol. The predicted octanol–water partition coefficient (Wildman–Crippen LogP) is 3.77. The molecule has 3 nitrogen and oxygen atoms in total. The fourth-order valence-electron chi connectivity index (χ4n) is 4.08. The highest BCUT2D eigenvalue weighted by molar-refractivity contribution is 5.81. The first kappa shape index (κ1) is 14.2. The highest BCUT2D eigenvalue weighted by atomic mass is 16.5. The number of likely N-dealkylation sites (tertiary alicyclic amines) is 1. The number of rotatable bonds is 2. The number of hydrogen-bond donors (Lipinski definition) is 0. The molecule has 2 aliphatic heterocycles. The Bertz CT molecular complexity index is 643. The first-order chi connectivity index (χ1) is 10.8. The van der Waals surface area contributed by atoms with Crippen molar-refractivity contribution in [2.45, 2.75) is 44.2 Å². The standard InChI is InChI=1S/C19H24N2O/c1-5-16(17-6-2-11-20-18(17)7-1)15-21-12-3-8-19(10-13-21)9-4-14-22-19/h1-2,5-7,11H,3-4,8-10,12-15H2/t19-/m1/s1. The van der Waals surface area contributed by atoms with E-state index < -0.39 is 0 Å². The van der Waals surface area contributed by atoms with Crippen molar-refractivity contribution in [1.82, 2.24) is 9.88 Å². The molecular weight excluding hydrogens is 272 g/mol. The summed E-state index contributed by atoms with van der Waals surface area (Å²) in [6, 6.07) is 10.7. The number of fused-ring (bicyclic) bond motifs is 1. The number of aromatic nitrogens is 1. The van der Waals surface area contributed by atoms with Crippen LogP contribution in [0, 0.1) is 0 Å². The van der Waals surface area contributed by atoms with Gasteiger partial charge >= 0.3 is 0 Å². The van der Waals surface area contributed by atoms with Gasteiger partial charge in [0.05, 0.1) is 11.1 Å². The summed E-state index contributed by atoms with van der Waals surface area (Å²) in [6.07, 6.45) is 8.06. The van der Waals surface area contributed by atoms with Crippen molar-refractivity contribution in [1.29, 1.82) is 0 Å². The van der Waals surface area contributed by atoms with E-state index in [4.69, 9.17) is 4.74 Å². The van der Waals surface area contributed by atoms with E-state index in [1.807, 2.05) is 12.3 Å². The van der Waals surface area contributed by atoms with Crippen LogP contribution in [0.1, 0.15) is 37.7 Å². The molecule has 1 spiro atoms. The van der Waals surface area contributed by atoms with Crippen molar-refractivity contribution in [3.63, 3.8) is 0 Å². The van der Waals surface area contributed by atoms with Gasteiger partial charge < -0.3 is 4.74 Å². The molecule has 0 amide bonds. The van der Waals surface area contributed by atoms with Gasteiger partial charge in [-0.1, -0.05) is 18.2 Å². The Labute approximate surface area is 132 Å². The topological polar surface area (TPSA) is 25.4 Å². The highest BCUT2D eigenvalue weighted by Crippen LogP contribution is 2.36. The molecule has 22 heavy (non-hydrogen) atoms. The minimum atomic E-state index is 0.203. The number of benzene rings is 1. The largest absolute Gasteiger partial charge is 0.375 e. The Hall–Kier alpha value is -1.45. The SMILES string of the molecule is c1cc(CN2CCC[C@@]3(CCCO3)CC2)c2cccnc2c1. The van der Waals surface area contributed by atoms with Gasteiger partial charge in [0, 0.05) is 31.3 Å². The Morgan fingerprint density at radius 2 is 2.00 bits per heavy atom. The number of ether oxygens (including phenoxy) is 1. The maximum Gasteiger partial charge on any atom is 0.0705 e. The minimum absolute atomic E-state index is 0.203. The van der Waals surface area contributed by atoms with Gasteiger partial charge in [-0.2, -0.15) is 0 Å². The molecule has 0 N–H and O–H groups in total. The molecule has 2 saturated heterocycles. The highest BCUT2D eigenvalue weighted by Gasteiger charge is 2.36. The van der Waals surface area contributed by atoms with E-state index in [1.165, 1.54) is 49.6 Å². The summed E-state index contributed by atoms with van der Waals surface area (Å²) in [7, 11) is 0. The summed E-state index contributed by atoms with van der Waals surface area (Å²) < 4.78 is 6.09. The smallest absolute Gasteiger partial charge is 0.0705 e. The third-order valence-electron chi connectivity index (χ3n) is 5.31. The molecule has 0 unspecified atom stereocenters. The van der Waals surface area contributed by atoms with Crippen LogP contribution in [-0.2, 0) is 11.3 Å². The molecule has 3 heterocycles. The third kappa shape index (κ3) is 2.75. The molecule has 2 fully saturated rings. The first-order valence-electron chi connectivity index (χ1n) is 8.54. The molecule has 1 aromatic heterocycles. The Morgan fingerprint density at radius 1 is 1.05 bits per heavy atom. The van der Waals surface area contributed by atoms with E-state index in [2.05, 4.69) is 34.1 Å². The number of hydrogen-bond acceptors (Lipinski definition) is 3. The second kappa shape index (κ2) is 5.98. The van der Waals surface area contributed by atoms with Crippen LogP contribution in [0.25, 0.3) is 10.9 Å². The zero-order valence-electron chi connectivity index (χ0n) is 13.1. The van der Waals surface area contributed by atoms with E-state index in [9.17, 15) is 0 Å². The minimum Gasteiger partial charge on any atom is -0.375 e. The Morgan fingerprint density at radius 3 is 2.91 bits per heavy atom. The van der Waals surface area contributed by atoms with Gasteiger partial charge in [0.2, 0.25) is 0 Å². The summed E-state index contributed by atoms with van der Waals surface area (Å²) >= 11 is 0. The fourth-order valence-corrected chi connectivity index (χ4v) is 4.08. The Balaban J connectivity index is 1.51. The van der Waals surface area contributed by atoms with Crippen LogP contribution in [-0.4, -0.2) is 35.2 Å².